The molecule has 17 heavy (non-hydrogen) atoms. The van der Waals surface area contributed by atoms with Gasteiger partial charge in [0, 0.05) is 5.92 Å². The van der Waals surface area contributed by atoms with Gasteiger partial charge in [-0.15, -0.1) is 4.68 Å². The zero-order valence-corrected chi connectivity index (χ0v) is 9.57. The Kier molecular flexibility index (Phi) is 2.86. The maximum atomic E-state index is 11.9. The van der Waals surface area contributed by atoms with Gasteiger partial charge in [0.15, 0.2) is 0 Å². The highest BCUT2D eigenvalue weighted by Gasteiger charge is 2.17. The molecule has 0 radical (unpaired) electrons. The highest BCUT2D eigenvalue weighted by molar-refractivity contribution is 5.79. The first-order valence-electron chi connectivity index (χ1n) is 5.26. The second-order valence-corrected chi connectivity index (χ2v) is 3.91. The summed E-state index contributed by atoms with van der Waals surface area (Å²) < 4.78 is 1.89. The highest BCUT2D eigenvalue weighted by atomic mass is 16.2. The summed E-state index contributed by atoms with van der Waals surface area (Å²) in [6.07, 6.45) is 0. The SMILES string of the molecule is CC(C)C(=O)n1nnn(-c2ccccc2)c1=O. The lowest BCUT2D eigenvalue weighted by molar-refractivity contribution is 0.0831. The number of rotatable bonds is 2. The molecule has 0 amide bonds. The second-order valence-electron chi connectivity index (χ2n) is 3.91. The number of benzene rings is 1. The Bertz CT molecular complexity index is 583. The molecule has 1 heterocycles. The number of hydrogen-bond donors (Lipinski definition) is 0. The lowest BCUT2D eigenvalue weighted by Gasteiger charge is -1.99. The molecular formula is C11H12N4O2. The van der Waals surface area contributed by atoms with Gasteiger partial charge in [-0.1, -0.05) is 32.0 Å². The quantitative estimate of drug-likeness (QED) is 0.715. The highest BCUT2D eigenvalue weighted by Crippen LogP contribution is 2.01. The smallest absolute Gasteiger partial charge is 0.272 e. The molecule has 0 spiro atoms. The van der Waals surface area contributed by atoms with Crippen LogP contribution < -0.4 is 5.69 Å². The number of aromatic nitrogens is 4. The van der Waals surface area contributed by atoms with E-state index in [4.69, 9.17) is 0 Å². The molecule has 6 heteroatoms. The minimum atomic E-state index is -0.546. The number of tetrazole rings is 1. The molecule has 2 rings (SSSR count). The number of carbonyl (C=O) groups excluding carboxylic acids is 1. The van der Waals surface area contributed by atoms with Gasteiger partial charge in [-0.2, -0.15) is 4.68 Å². The minimum absolute atomic E-state index is 0.298. The average Bonchev–Trinajstić information content (AvgIpc) is 2.71. The van der Waals surface area contributed by atoms with E-state index in [1.165, 1.54) is 0 Å². The third-order valence-electron chi connectivity index (χ3n) is 2.28. The van der Waals surface area contributed by atoms with Gasteiger partial charge in [0.2, 0.25) is 0 Å². The Balaban J connectivity index is 2.48. The standard InChI is InChI=1S/C11H12N4O2/c1-8(2)10(16)15-11(17)14(12-13-15)9-6-4-3-5-7-9/h3-8H,1-2H3. The normalized spacial score (nSPS) is 10.8. The Labute approximate surface area is 97.5 Å². The van der Waals surface area contributed by atoms with Crippen LogP contribution in [0.3, 0.4) is 0 Å². The van der Waals surface area contributed by atoms with Crippen LogP contribution in [0.5, 0.6) is 0 Å². The summed E-state index contributed by atoms with van der Waals surface area (Å²) in [5.41, 5.74) is 0.0372. The van der Waals surface area contributed by atoms with Crippen molar-refractivity contribution in [3.63, 3.8) is 0 Å². The molecule has 0 saturated carbocycles. The van der Waals surface area contributed by atoms with Gasteiger partial charge in [-0.05, 0) is 22.6 Å². The van der Waals surface area contributed by atoms with Gasteiger partial charge in [-0.25, -0.2) is 4.79 Å². The maximum Gasteiger partial charge on any atom is 0.375 e. The summed E-state index contributed by atoms with van der Waals surface area (Å²) in [7, 11) is 0. The molecule has 0 saturated heterocycles. The molecule has 0 atom stereocenters. The summed E-state index contributed by atoms with van der Waals surface area (Å²) in [5.74, 6) is -0.661. The summed E-state index contributed by atoms with van der Waals surface area (Å²) in [5, 5.41) is 7.27. The Morgan fingerprint density at radius 2 is 1.82 bits per heavy atom. The van der Waals surface area contributed by atoms with Crippen molar-refractivity contribution < 1.29 is 4.79 Å². The first kappa shape index (κ1) is 11.3. The molecule has 0 fully saturated rings. The van der Waals surface area contributed by atoms with Crippen LogP contribution in [0.4, 0.5) is 0 Å². The first-order chi connectivity index (χ1) is 8.11. The Morgan fingerprint density at radius 3 is 2.41 bits per heavy atom. The van der Waals surface area contributed by atoms with Gasteiger partial charge >= 0.3 is 5.69 Å². The molecule has 0 bridgehead atoms. The molecule has 0 unspecified atom stereocenters. The lowest BCUT2D eigenvalue weighted by atomic mass is 10.2. The van der Waals surface area contributed by atoms with Crippen LogP contribution in [0.2, 0.25) is 0 Å². The number of para-hydroxylation sites is 1. The van der Waals surface area contributed by atoms with Crippen LogP contribution in [0, 0.1) is 5.92 Å². The zero-order valence-electron chi connectivity index (χ0n) is 9.57. The molecule has 0 aliphatic carbocycles. The number of hydrogen-bond acceptors (Lipinski definition) is 4. The largest absolute Gasteiger partial charge is 0.375 e. The van der Waals surface area contributed by atoms with E-state index in [0.717, 1.165) is 9.36 Å². The van der Waals surface area contributed by atoms with Gasteiger partial charge in [0.1, 0.15) is 0 Å². The molecular weight excluding hydrogens is 220 g/mol. The van der Waals surface area contributed by atoms with Crippen molar-refractivity contribution >= 4 is 5.91 Å². The fourth-order valence-electron chi connectivity index (χ4n) is 1.36. The maximum absolute atomic E-state index is 11.9. The molecule has 0 N–H and O–H groups in total. The van der Waals surface area contributed by atoms with Crippen LogP contribution in [0.15, 0.2) is 35.1 Å². The third-order valence-corrected chi connectivity index (χ3v) is 2.28. The van der Waals surface area contributed by atoms with E-state index in [2.05, 4.69) is 10.4 Å². The van der Waals surface area contributed by atoms with Gasteiger partial charge in [-0.3, -0.25) is 4.79 Å². The summed E-state index contributed by atoms with van der Waals surface area (Å²) >= 11 is 0. The average molecular weight is 232 g/mol. The number of nitrogens with zero attached hydrogens (tertiary/aromatic N) is 4. The molecule has 1 aromatic carbocycles. The van der Waals surface area contributed by atoms with Crippen LogP contribution in [-0.4, -0.2) is 25.7 Å². The monoisotopic (exact) mass is 232 g/mol. The fraction of sp³-hybridized carbons (Fsp3) is 0.273. The Hall–Kier alpha value is -2.24. The lowest BCUT2D eigenvalue weighted by Crippen LogP contribution is -2.31. The molecule has 2 aromatic rings. The summed E-state index contributed by atoms with van der Waals surface area (Å²) in [6.45, 7) is 3.41. The first-order valence-corrected chi connectivity index (χ1v) is 5.26. The van der Waals surface area contributed by atoms with E-state index >= 15 is 0 Å². The van der Waals surface area contributed by atoms with Crippen molar-refractivity contribution in [1.29, 1.82) is 0 Å². The van der Waals surface area contributed by atoms with Crippen LogP contribution in [0.1, 0.15) is 18.6 Å². The topological polar surface area (TPSA) is 69.8 Å². The molecule has 0 aliphatic rings. The van der Waals surface area contributed by atoms with Crippen molar-refractivity contribution in [2.45, 2.75) is 13.8 Å². The van der Waals surface area contributed by atoms with Crippen LogP contribution in [-0.2, 0) is 0 Å². The predicted molar refractivity (Wildman–Crippen MR) is 61.1 cm³/mol. The van der Waals surface area contributed by atoms with Crippen molar-refractivity contribution in [3.05, 3.63) is 40.8 Å². The zero-order chi connectivity index (χ0) is 12.4. The molecule has 88 valence electrons. The van der Waals surface area contributed by atoms with Crippen molar-refractivity contribution in [1.82, 2.24) is 19.8 Å². The fourth-order valence-corrected chi connectivity index (χ4v) is 1.36. The van der Waals surface area contributed by atoms with Gasteiger partial charge in [0.05, 0.1) is 5.69 Å². The van der Waals surface area contributed by atoms with Crippen LogP contribution >= 0.6 is 0 Å². The molecule has 6 nitrogen and oxygen atoms in total. The van der Waals surface area contributed by atoms with E-state index in [9.17, 15) is 9.59 Å². The van der Waals surface area contributed by atoms with E-state index < -0.39 is 5.69 Å². The summed E-state index contributed by atoms with van der Waals surface area (Å²) in [4.78, 5) is 23.6. The van der Waals surface area contributed by atoms with Crippen LogP contribution in [0.25, 0.3) is 5.69 Å². The molecule has 1 aromatic heterocycles. The van der Waals surface area contributed by atoms with Gasteiger partial charge < -0.3 is 0 Å². The van der Waals surface area contributed by atoms with E-state index in [1.807, 2.05) is 6.07 Å². The van der Waals surface area contributed by atoms with Crippen molar-refractivity contribution in [2.75, 3.05) is 0 Å². The summed E-state index contributed by atoms with van der Waals surface area (Å²) in [6, 6.07) is 8.84. The molecule has 0 aliphatic heterocycles. The van der Waals surface area contributed by atoms with Crippen molar-refractivity contribution in [2.24, 2.45) is 5.92 Å². The minimum Gasteiger partial charge on any atom is -0.272 e. The third kappa shape index (κ3) is 2.01. The number of carbonyl (C=O) groups is 1. The van der Waals surface area contributed by atoms with Crippen molar-refractivity contribution in [3.8, 4) is 5.69 Å². The predicted octanol–water partition coefficient (Wildman–Crippen LogP) is 0.725. The van der Waals surface area contributed by atoms with Gasteiger partial charge in [0.25, 0.3) is 5.91 Å². The van der Waals surface area contributed by atoms with E-state index in [1.54, 1.807) is 38.1 Å². The van der Waals surface area contributed by atoms with E-state index in [-0.39, 0.29) is 11.8 Å². The second kappa shape index (κ2) is 4.32. The Morgan fingerprint density at radius 1 is 1.18 bits per heavy atom. The van der Waals surface area contributed by atoms with E-state index in [0.29, 0.717) is 5.69 Å².